The molecule has 0 bridgehead atoms. The zero-order valence-corrected chi connectivity index (χ0v) is 14.4. The molecule has 2 aromatic rings. The first-order valence-electron chi connectivity index (χ1n) is 8.46. The number of nitrogens with zero attached hydrogens (tertiary/aromatic N) is 2. The maximum absolute atomic E-state index is 11.7. The number of rotatable bonds is 4. The Morgan fingerprint density at radius 3 is 2.70 bits per heavy atom. The van der Waals surface area contributed by atoms with Crippen LogP contribution < -0.4 is 0 Å². The van der Waals surface area contributed by atoms with E-state index in [1.807, 2.05) is 6.07 Å². The fourth-order valence-electron chi connectivity index (χ4n) is 4.05. The number of para-hydroxylation sites is 1. The van der Waals surface area contributed by atoms with Crippen LogP contribution >= 0.6 is 0 Å². The van der Waals surface area contributed by atoms with Crippen molar-refractivity contribution in [2.24, 2.45) is 0 Å². The van der Waals surface area contributed by atoms with E-state index in [0.717, 1.165) is 24.8 Å². The Kier molecular flexibility index (Phi) is 4.19. The molecule has 0 saturated heterocycles. The third-order valence-electron chi connectivity index (χ3n) is 5.41. The van der Waals surface area contributed by atoms with E-state index in [1.54, 1.807) is 6.92 Å². The van der Waals surface area contributed by atoms with Crippen molar-refractivity contribution in [2.45, 2.75) is 51.1 Å². The third kappa shape index (κ3) is 2.55. The van der Waals surface area contributed by atoms with Gasteiger partial charge in [-0.1, -0.05) is 25.1 Å². The van der Waals surface area contributed by atoms with Crippen molar-refractivity contribution < 1.29 is 9.90 Å². The number of carboxylic acid groups (broad SMARTS) is 1. The van der Waals surface area contributed by atoms with Gasteiger partial charge < -0.3 is 14.6 Å². The molecule has 1 aromatic carbocycles. The lowest BCUT2D eigenvalue weighted by atomic mass is 9.81. The summed E-state index contributed by atoms with van der Waals surface area (Å²) in [6, 6.07) is 8.25. The first kappa shape index (κ1) is 16.1. The van der Waals surface area contributed by atoms with Crippen molar-refractivity contribution in [1.29, 1.82) is 0 Å². The van der Waals surface area contributed by atoms with Crippen LogP contribution in [0, 0.1) is 0 Å². The molecule has 4 nitrogen and oxygen atoms in total. The summed E-state index contributed by atoms with van der Waals surface area (Å²) in [5, 5.41) is 10.8. The van der Waals surface area contributed by atoms with Gasteiger partial charge in [-0.05, 0) is 51.9 Å². The van der Waals surface area contributed by atoms with Gasteiger partial charge in [0.1, 0.15) is 6.04 Å². The van der Waals surface area contributed by atoms with Crippen LogP contribution in [0.3, 0.4) is 0 Å². The van der Waals surface area contributed by atoms with Crippen LogP contribution in [0.5, 0.6) is 0 Å². The number of hydrogen-bond donors (Lipinski definition) is 1. The fourth-order valence-corrected chi connectivity index (χ4v) is 4.05. The predicted octanol–water partition coefficient (Wildman–Crippen LogP) is 3.66. The quantitative estimate of drug-likeness (QED) is 0.937. The molecule has 0 aliphatic heterocycles. The average molecular weight is 314 g/mol. The number of benzene rings is 1. The second-order valence-corrected chi connectivity index (χ2v) is 6.93. The minimum Gasteiger partial charge on any atom is -0.480 e. The van der Waals surface area contributed by atoms with Crippen LogP contribution in [0.1, 0.15) is 49.9 Å². The summed E-state index contributed by atoms with van der Waals surface area (Å²) >= 11 is 0. The highest BCUT2D eigenvalue weighted by Crippen LogP contribution is 2.42. The molecule has 0 fully saturated rings. The van der Waals surface area contributed by atoms with Crippen molar-refractivity contribution >= 4 is 16.9 Å². The minimum absolute atomic E-state index is 0.417. The summed E-state index contributed by atoms with van der Waals surface area (Å²) in [6.45, 7) is 4.00. The number of hydrogen-bond acceptors (Lipinski definition) is 2. The summed E-state index contributed by atoms with van der Waals surface area (Å²) < 4.78 is 2.08. The van der Waals surface area contributed by atoms with Gasteiger partial charge in [0.25, 0.3) is 0 Å². The maximum Gasteiger partial charge on any atom is 0.326 e. The summed E-state index contributed by atoms with van der Waals surface area (Å²) in [4.78, 5) is 14.0. The zero-order valence-electron chi connectivity index (χ0n) is 14.4. The number of likely N-dealkylation sites (N-methyl/N-ethyl adjacent to an activating group) is 1. The molecule has 1 aliphatic rings. The number of fused-ring (bicyclic) bond motifs is 3. The number of carbonyl (C=O) groups is 1. The van der Waals surface area contributed by atoms with E-state index in [2.05, 4.69) is 48.7 Å². The molecule has 23 heavy (non-hydrogen) atoms. The lowest BCUT2D eigenvalue weighted by Crippen LogP contribution is -2.36. The van der Waals surface area contributed by atoms with Crippen molar-refractivity contribution in [3.63, 3.8) is 0 Å². The van der Waals surface area contributed by atoms with Gasteiger partial charge in [-0.3, -0.25) is 0 Å². The van der Waals surface area contributed by atoms with Crippen LogP contribution in [0.2, 0.25) is 0 Å². The molecule has 1 N–H and O–H groups in total. The Morgan fingerprint density at radius 1 is 1.39 bits per heavy atom. The van der Waals surface area contributed by atoms with Crippen LogP contribution in [0.25, 0.3) is 10.9 Å². The van der Waals surface area contributed by atoms with E-state index in [4.69, 9.17) is 0 Å². The number of carboxylic acids is 1. The molecule has 1 aliphatic carbocycles. The summed E-state index contributed by atoms with van der Waals surface area (Å²) in [5.41, 5.74) is 3.66. The topological polar surface area (TPSA) is 45.5 Å². The van der Waals surface area contributed by atoms with Crippen LogP contribution in [-0.2, 0) is 11.2 Å². The van der Waals surface area contributed by atoms with Gasteiger partial charge in [0.15, 0.2) is 0 Å². The number of aromatic nitrogens is 1. The second kappa shape index (κ2) is 6.00. The van der Waals surface area contributed by atoms with E-state index >= 15 is 0 Å². The van der Waals surface area contributed by atoms with Gasteiger partial charge in [-0.15, -0.1) is 0 Å². The Morgan fingerprint density at radius 2 is 2.09 bits per heavy atom. The van der Waals surface area contributed by atoms with E-state index in [9.17, 15) is 9.90 Å². The van der Waals surface area contributed by atoms with E-state index in [0.29, 0.717) is 12.0 Å². The third-order valence-corrected chi connectivity index (χ3v) is 5.41. The first-order chi connectivity index (χ1) is 11.0. The van der Waals surface area contributed by atoms with E-state index in [1.165, 1.54) is 16.6 Å². The smallest absolute Gasteiger partial charge is 0.326 e. The SMILES string of the molecule is CCC1CC(N(C)C)Cc2c1n(C(C)C(=O)O)c1ccccc21. The molecule has 3 unspecified atom stereocenters. The molecule has 0 saturated carbocycles. The van der Waals surface area contributed by atoms with Gasteiger partial charge in [0.05, 0.1) is 0 Å². The Balaban J connectivity index is 2.27. The first-order valence-corrected chi connectivity index (χ1v) is 8.46. The standard InChI is InChI=1S/C19H26N2O2/c1-5-13-10-14(20(3)4)11-16-15-8-6-7-9-17(15)21(18(13)16)12(2)19(22)23/h6-9,12-14H,5,10-11H2,1-4H3,(H,22,23). The largest absolute Gasteiger partial charge is 0.480 e. The molecular weight excluding hydrogens is 288 g/mol. The molecular formula is C19H26N2O2. The molecule has 124 valence electrons. The highest BCUT2D eigenvalue weighted by molar-refractivity contribution is 5.88. The highest BCUT2D eigenvalue weighted by Gasteiger charge is 2.34. The van der Waals surface area contributed by atoms with Crippen LogP contribution in [0.15, 0.2) is 24.3 Å². The molecule has 3 rings (SSSR count). The summed E-state index contributed by atoms with van der Waals surface area (Å²) in [6.07, 6.45) is 3.14. The van der Waals surface area contributed by atoms with E-state index in [-0.39, 0.29) is 0 Å². The van der Waals surface area contributed by atoms with Crippen LogP contribution in [-0.4, -0.2) is 40.7 Å². The maximum atomic E-state index is 11.7. The molecule has 1 aromatic heterocycles. The minimum atomic E-state index is -0.766. The molecule has 1 heterocycles. The Bertz CT molecular complexity index is 732. The molecule has 0 amide bonds. The lowest BCUT2D eigenvalue weighted by molar-refractivity contribution is -0.140. The van der Waals surface area contributed by atoms with Gasteiger partial charge >= 0.3 is 5.97 Å². The zero-order chi connectivity index (χ0) is 16.7. The average Bonchev–Trinajstić information content (AvgIpc) is 2.87. The van der Waals surface area contributed by atoms with Crippen molar-refractivity contribution in [3.05, 3.63) is 35.5 Å². The highest BCUT2D eigenvalue weighted by atomic mass is 16.4. The Labute approximate surface area is 137 Å². The van der Waals surface area contributed by atoms with Crippen molar-refractivity contribution in [1.82, 2.24) is 9.47 Å². The van der Waals surface area contributed by atoms with Crippen LogP contribution in [0.4, 0.5) is 0 Å². The predicted molar refractivity (Wildman–Crippen MR) is 93.1 cm³/mol. The van der Waals surface area contributed by atoms with Gasteiger partial charge in [-0.2, -0.15) is 0 Å². The lowest BCUT2D eigenvalue weighted by Gasteiger charge is -2.35. The second-order valence-electron chi connectivity index (χ2n) is 6.93. The van der Waals surface area contributed by atoms with Crippen molar-refractivity contribution in [3.8, 4) is 0 Å². The Hall–Kier alpha value is -1.81. The van der Waals surface area contributed by atoms with Gasteiger partial charge in [0.2, 0.25) is 0 Å². The summed E-state index contributed by atoms with van der Waals surface area (Å²) in [7, 11) is 4.28. The van der Waals surface area contributed by atoms with Crippen molar-refractivity contribution in [2.75, 3.05) is 14.1 Å². The van der Waals surface area contributed by atoms with Gasteiger partial charge in [0, 0.05) is 28.6 Å². The molecule has 3 atom stereocenters. The molecule has 0 radical (unpaired) electrons. The normalized spacial score (nSPS) is 22.3. The monoisotopic (exact) mass is 314 g/mol. The number of aliphatic carboxylic acids is 1. The fraction of sp³-hybridized carbons (Fsp3) is 0.526. The van der Waals surface area contributed by atoms with Gasteiger partial charge in [-0.25, -0.2) is 4.79 Å². The summed E-state index contributed by atoms with van der Waals surface area (Å²) in [5.74, 6) is -0.349. The van der Waals surface area contributed by atoms with E-state index < -0.39 is 12.0 Å². The molecule has 0 spiro atoms. The molecule has 4 heteroatoms.